The van der Waals surface area contributed by atoms with Crippen LogP contribution in [-0.4, -0.2) is 84.3 Å². The normalized spacial score (nSPS) is 21.1. The van der Waals surface area contributed by atoms with Gasteiger partial charge in [-0.05, 0) is 49.2 Å². The molecule has 2 aliphatic heterocycles. The molecule has 298 valence electrons. The lowest BCUT2D eigenvalue weighted by atomic mass is 9.96. The summed E-state index contributed by atoms with van der Waals surface area (Å²) >= 11 is 0. The summed E-state index contributed by atoms with van der Waals surface area (Å²) in [6, 6.07) is 19.1. The average Bonchev–Trinajstić information content (AvgIpc) is 3.96. The van der Waals surface area contributed by atoms with Crippen LogP contribution in [0.5, 0.6) is 11.5 Å². The van der Waals surface area contributed by atoms with Crippen molar-refractivity contribution in [2.75, 3.05) is 25.8 Å². The summed E-state index contributed by atoms with van der Waals surface area (Å²) < 4.78 is 52.2. The number of allylic oxidation sites excluding steroid dienone is 2. The van der Waals surface area contributed by atoms with Crippen LogP contribution in [0, 0.1) is 11.8 Å². The number of aliphatic hydroxyl groups is 1. The summed E-state index contributed by atoms with van der Waals surface area (Å²) in [5.74, 6) is -1.82. The van der Waals surface area contributed by atoms with Crippen molar-refractivity contribution in [2.45, 2.75) is 56.4 Å². The fraction of sp³-hybridized carbons (Fsp3) is 0.341. The Morgan fingerprint density at radius 3 is 1.95 bits per heavy atom. The van der Waals surface area contributed by atoms with E-state index in [-0.39, 0.29) is 38.4 Å². The molecule has 2 aliphatic rings. The number of nitrogens with one attached hydrogen (secondary N) is 1. The van der Waals surface area contributed by atoms with Gasteiger partial charge in [0.15, 0.2) is 59.0 Å². The third-order valence-electron chi connectivity index (χ3n) is 9.46. The zero-order valence-corrected chi connectivity index (χ0v) is 30.9. The van der Waals surface area contributed by atoms with E-state index in [1.54, 1.807) is 54.6 Å². The lowest BCUT2D eigenvalue weighted by Gasteiger charge is -2.44. The molecule has 16 heteroatoms. The molecule has 2 aromatic heterocycles. The smallest absolute Gasteiger partial charge is 0.412 e. The Bertz CT molecular complexity index is 2170. The van der Waals surface area contributed by atoms with Crippen LogP contribution >= 0.6 is 0 Å². The molecule has 0 unspecified atom stereocenters. The monoisotopic (exact) mass is 783 g/mol. The largest absolute Gasteiger partial charge is 0.454 e. The fourth-order valence-electron chi connectivity index (χ4n) is 6.69. The molecule has 0 saturated carbocycles. The van der Waals surface area contributed by atoms with Gasteiger partial charge in [0.25, 0.3) is 0 Å². The van der Waals surface area contributed by atoms with Crippen LogP contribution in [0.4, 0.5) is 10.5 Å². The number of amides is 1. The van der Waals surface area contributed by atoms with Crippen molar-refractivity contribution < 1.29 is 61.5 Å². The molecule has 57 heavy (non-hydrogen) atoms. The van der Waals surface area contributed by atoms with E-state index >= 15 is 0 Å². The molecular formula is C41H41N3O13. The minimum absolute atomic E-state index is 0.0202. The molecule has 1 amide bonds. The SMILES string of the molecule is C=CC[C@H](Cc1nc2ccccc2o1)C(=O)O[C@H]1[C@@H](OC(=O)Nc2ccc3c(c2)OCO3)[C@@H](CO)O[C@H](OC)[C@@H]1OC(=O)[C@H](CC=C)Cc1nc2ccccc2o1. The van der Waals surface area contributed by atoms with E-state index in [9.17, 15) is 19.5 Å². The number of fused-ring (bicyclic) bond motifs is 3. The number of hydrogen-bond acceptors (Lipinski definition) is 15. The predicted octanol–water partition coefficient (Wildman–Crippen LogP) is 5.67. The molecule has 7 atom stereocenters. The van der Waals surface area contributed by atoms with Crippen LogP contribution in [0.25, 0.3) is 22.2 Å². The standard InChI is InChI=1S/C41H41N3O13/c1-4-10-23(18-33-43-26-12-6-8-14-28(26)52-33)38(46)55-36-35(57-41(48)42-25-16-17-30-31(20-25)51-22-50-30)32(21-45)54-40(49-3)37(36)56-39(47)24(11-5-2)19-34-44-27-13-7-9-15-29(27)53-34/h4-9,12-17,20,23-24,32,35-37,40,45H,1-2,10-11,18-19,21-22H2,3H3,(H,42,48)/t23-,24-,32-,35+,36+,37-,40+/m1/s1. The number of benzene rings is 3. The quantitative estimate of drug-likeness (QED) is 0.0704. The number of oxazole rings is 2. The van der Waals surface area contributed by atoms with E-state index in [0.29, 0.717) is 45.3 Å². The van der Waals surface area contributed by atoms with Crippen LogP contribution in [0.15, 0.2) is 101 Å². The molecular weight excluding hydrogens is 742 g/mol. The number of rotatable bonds is 16. The molecule has 4 heterocycles. The number of esters is 2. The van der Waals surface area contributed by atoms with Crippen molar-refractivity contribution in [3.8, 4) is 11.5 Å². The van der Waals surface area contributed by atoms with Crippen LogP contribution in [0.2, 0.25) is 0 Å². The minimum Gasteiger partial charge on any atom is -0.454 e. The second-order valence-electron chi connectivity index (χ2n) is 13.3. The second-order valence-corrected chi connectivity index (χ2v) is 13.3. The first-order valence-electron chi connectivity index (χ1n) is 18.2. The number of nitrogens with zero attached hydrogens (tertiary/aromatic N) is 2. The topological polar surface area (TPSA) is 200 Å². The molecule has 2 N–H and O–H groups in total. The number of ether oxygens (including phenoxy) is 7. The van der Waals surface area contributed by atoms with Gasteiger partial charge in [-0.15, -0.1) is 13.2 Å². The third kappa shape index (κ3) is 8.93. The summed E-state index contributed by atoms with van der Waals surface area (Å²) in [6.07, 6.45) is -4.83. The Morgan fingerprint density at radius 2 is 1.39 bits per heavy atom. The van der Waals surface area contributed by atoms with Crippen LogP contribution in [-0.2, 0) is 46.1 Å². The highest BCUT2D eigenvalue weighted by Gasteiger charge is 2.53. The maximum atomic E-state index is 14.2. The number of para-hydroxylation sites is 4. The van der Waals surface area contributed by atoms with E-state index in [1.165, 1.54) is 13.2 Å². The van der Waals surface area contributed by atoms with Gasteiger partial charge in [-0.2, -0.15) is 0 Å². The number of aliphatic hydroxyl groups excluding tert-OH is 1. The average molecular weight is 784 g/mol. The molecule has 0 radical (unpaired) electrons. The maximum Gasteiger partial charge on any atom is 0.412 e. The highest BCUT2D eigenvalue weighted by atomic mass is 16.7. The molecule has 3 aromatic carbocycles. The van der Waals surface area contributed by atoms with Gasteiger partial charge in [0.1, 0.15) is 17.1 Å². The van der Waals surface area contributed by atoms with Crippen molar-refractivity contribution in [1.29, 1.82) is 0 Å². The molecule has 1 saturated heterocycles. The summed E-state index contributed by atoms with van der Waals surface area (Å²) in [4.78, 5) is 50.8. The molecule has 5 aromatic rings. The fourth-order valence-corrected chi connectivity index (χ4v) is 6.69. The third-order valence-corrected chi connectivity index (χ3v) is 9.46. The number of methoxy groups -OCH3 is 1. The minimum atomic E-state index is -1.57. The van der Waals surface area contributed by atoms with Gasteiger partial charge in [-0.25, -0.2) is 14.8 Å². The summed E-state index contributed by atoms with van der Waals surface area (Å²) in [5, 5.41) is 13.1. The van der Waals surface area contributed by atoms with Crippen LogP contribution in [0.1, 0.15) is 24.6 Å². The second kappa shape index (κ2) is 17.7. The molecule has 7 rings (SSSR count). The highest BCUT2D eigenvalue weighted by Crippen LogP contribution is 2.35. The Balaban J connectivity index is 1.17. The van der Waals surface area contributed by atoms with Gasteiger partial charge in [-0.3, -0.25) is 14.9 Å². The van der Waals surface area contributed by atoms with Gasteiger partial charge in [0, 0.05) is 31.7 Å². The number of anilines is 1. The lowest BCUT2D eigenvalue weighted by molar-refractivity contribution is -0.300. The van der Waals surface area contributed by atoms with Gasteiger partial charge >= 0.3 is 18.0 Å². The van der Waals surface area contributed by atoms with E-state index in [1.807, 2.05) is 18.2 Å². The van der Waals surface area contributed by atoms with E-state index in [2.05, 4.69) is 28.4 Å². The molecule has 0 aliphatic carbocycles. The van der Waals surface area contributed by atoms with Gasteiger partial charge in [0.2, 0.25) is 6.79 Å². The first kappa shape index (κ1) is 39.0. The predicted molar refractivity (Wildman–Crippen MR) is 201 cm³/mol. The molecule has 0 spiro atoms. The Kier molecular flexibility index (Phi) is 12.1. The van der Waals surface area contributed by atoms with Crippen molar-refractivity contribution in [3.05, 3.63) is 104 Å². The summed E-state index contributed by atoms with van der Waals surface area (Å²) in [6.45, 7) is 6.92. The first-order valence-corrected chi connectivity index (χ1v) is 18.2. The van der Waals surface area contributed by atoms with Crippen molar-refractivity contribution >= 4 is 45.9 Å². The number of hydrogen-bond donors (Lipinski definition) is 2. The summed E-state index contributed by atoms with van der Waals surface area (Å²) in [7, 11) is 1.29. The molecule has 16 nitrogen and oxygen atoms in total. The number of carbonyl (C=O) groups is 3. The molecule has 1 fully saturated rings. The van der Waals surface area contributed by atoms with Gasteiger partial charge in [0.05, 0.1) is 18.4 Å². The van der Waals surface area contributed by atoms with Crippen molar-refractivity contribution in [2.24, 2.45) is 11.8 Å². The zero-order valence-electron chi connectivity index (χ0n) is 30.9. The zero-order chi connectivity index (χ0) is 39.9. The Hall–Kier alpha value is -6.23. The van der Waals surface area contributed by atoms with Crippen molar-refractivity contribution in [1.82, 2.24) is 9.97 Å². The van der Waals surface area contributed by atoms with E-state index in [4.69, 9.17) is 42.0 Å². The number of aromatic nitrogens is 2. The first-order chi connectivity index (χ1) is 27.8. The molecule has 0 bridgehead atoms. The summed E-state index contributed by atoms with van der Waals surface area (Å²) in [5.41, 5.74) is 2.61. The maximum absolute atomic E-state index is 14.2. The number of carbonyl (C=O) groups excluding carboxylic acids is 3. The van der Waals surface area contributed by atoms with Gasteiger partial charge in [-0.1, -0.05) is 36.4 Å². The van der Waals surface area contributed by atoms with E-state index < -0.39 is 67.2 Å². The van der Waals surface area contributed by atoms with Gasteiger partial charge < -0.3 is 47.1 Å². The Labute approximate surface area is 326 Å². The Morgan fingerprint density at radius 1 is 0.807 bits per heavy atom. The van der Waals surface area contributed by atoms with E-state index in [0.717, 1.165) is 0 Å². The van der Waals surface area contributed by atoms with Crippen molar-refractivity contribution in [3.63, 3.8) is 0 Å². The van der Waals surface area contributed by atoms with Crippen LogP contribution in [0.3, 0.4) is 0 Å². The van der Waals surface area contributed by atoms with Crippen LogP contribution < -0.4 is 14.8 Å². The lowest BCUT2D eigenvalue weighted by Crippen LogP contribution is -2.63. The highest BCUT2D eigenvalue weighted by molar-refractivity contribution is 5.85.